The minimum atomic E-state index is -3.02. The lowest BCUT2D eigenvalue weighted by atomic mass is 10.1. The largest absolute Gasteiger partial charge is 0.493 e. The fourth-order valence-electron chi connectivity index (χ4n) is 1.89. The van der Waals surface area contributed by atoms with E-state index in [-0.39, 0.29) is 10.6 Å². The summed E-state index contributed by atoms with van der Waals surface area (Å²) in [6, 6.07) is 3.93. The Bertz CT molecular complexity index is 540. The van der Waals surface area contributed by atoms with Crippen molar-refractivity contribution >= 4 is 41.7 Å². The van der Waals surface area contributed by atoms with Crippen LogP contribution in [0, 0.1) is 0 Å². The van der Waals surface area contributed by atoms with Crippen molar-refractivity contribution in [1.29, 1.82) is 0 Å². The van der Waals surface area contributed by atoms with E-state index >= 15 is 0 Å². The summed E-state index contributed by atoms with van der Waals surface area (Å²) in [5, 5.41) is 0. The van der Waals surface area contributed by atoms with Crippen LogP contribution in [0.4, 0.5) is 0 Å². The van der Waals surface area contributed by atoms with Crippen LogP contribution in [0.1, 0.15) is 16.0 Å². The maximum Gasteiger partial charge on any atom is 0.148 e. The van der Waals surface area contributed by atoms with Crippen LogP contribution in [0.3, 0.4) is 0 Å². The number of halogens is 2. The molecule has 0 aliphatic carbocycles. The van der Waals surface area contributed by atoms with E-state index in [4.69, 9.17) is 4.74 Å². The third kappa shape index (κ3) is 3.23. The third-order valence-corrected chi connectivity index (χ3v) is 5.21. The summed E-state index contributed by atoms with van der Waals surface area (Å²) >= 11 is 6.87. The zero-order valence-corrected chi connectivity index (χ0v) is 13.2. The molecule has 0 spiro atoms. The Kier molecular flexibility index (Phi) is 3.85. The summed E-state index contributed by atoms with van der Waals surface area (Å²) in [4.78, 5) is -0.234. The lowest BCUT2D eigenvalue weighted by molar-refractivity contribution is 0.353. The van der Waals surface area contributed by atoms with Gasteiger partial charge in [-0.25, -0.2) is 8.42 Å². The number of sulfone groups is 1. The molecule has 1 aliphatic rings. The maximum atomic E-state index is 11.3. The van der Waals surface area contributed by atoms with Gasteiger partial charge in [0.25, 0.3) is 0 Å². The lowest BCUT2D eigenvalue weighted by Crippen LogP contribution is -2.09. The fourth-order valence-corrected chi connectivity index (χ4v) is 4.90. The first-order valence-electron chi connectivity index (χ1n) is 5.14. The molecule has 0 aromatic heterocycles. The van der Waals surface area contributed by atoms with Crippen molar-refractivity contribution < 1.29 is 13.2 Å². The molecule has 1 aliphatic heterocycles. The van der Waals surface area contributed by atoms with Gasteiger partial charge in [0.15, 0.2) is 0 Å². The predicted molar refractivity (Wildman–Crippen MR) is 74.7 cm³/mol. The van der Waals surface area contributed by atoms with Crippen molar-refractivity contribution in [2.75, 3.05) is 18.6 Å². The lowest BCUT2D eigenvalue weighted by Gasteiger charge is -2.14. The Morgan fingerprint density at radius 2 is 2.18 bits per heavy atom. The molecule has 2 rings (SSSR count). The standard InChI is InChI=1S/C11H12Br2O3S/c1-17(14,15)6-10(13)9-5-8(12)4-7-2-3-16-11(7)9/h4-5,10H,2-3,6H2,1H3. The molecule has 6 heteroatoms. The first kappa shape index (κ1) is 13.4. The number of ether oxygens (including phenoxy) is 1. The average Bonchev–Trinajstić information content (AvgIpc) is 2.60. The molecule has 3 nitrogen and oxygen atoms in total. The molecule has 0 fully saturated rings. The molecule has 1 aromatic carbocycles. The monoisotopic (exact) mass is 382 g/mol. The van der Waals surface area contributed by atoms with Crippen LogP contribution in [0.2, 0.25) is 0 Å². The van der Waals surface area contributed by atoms with Crippen LogP contribution in [-0.2, 0) is 16.3 Å². The van der Waals surface area contributed by atoms with Crippen LogP contribution in [0.15, 0.2) is 16.6 Å². The molecule has 0 saturated carbocycles. The summed E-state index contributed by atoms with van der Waals surface area (Å²) < 4.78 is 29.2. The molecule has 1 heterocycles. The average molecular weight is 384 g/mol. The molecule has 1 atom stereocenters. The highest BCUT2D eigenvalue weighted by atomic mass is 79.9. The van der Waals surface area contributed by atoms with Crippen molar-refractivity contribution in [2.45, 2.75) is 11.2 Å². The molecule has 17 heavy (non-hydrogen) atoms. The van der Waals surface area contributed by atoms with Gasteiger partial charge in [-0.15, -0.1) is 0 Å². The van der Waals surface area contributed by atoms with Gasteiger partial charge in [0, 0.05) is 22.7 Å². The van der Waals surface area contributed by atoms with Gasteiger partial charge in [0.05, 0.1) is 17.2 Å². The zero-order valence-electron chi connectivity index (χ0n) is 9.24. The normalized spacial score (nSPS) is 16.4. The number of hydrogen-bond donors (Lipinski definition) is 0. The number of hydrogen-bond acceptors (Lipinski definition) is 3. The highest BCUT2D eigenvalue weighted by Crippen LogP contribution is 2.39. The second-order valence-corrected chi connectivity index (χ2v) is 8.35. The smallest absolute Gasteiger partial charge is 0.148 e. The molecular weight excluding hydrogens is 372 g/mol. The minimum absolute atomic E-state index is 0.0687. The van der Waals surface area contributed by atoms with Gasteiger partial charge in [-0.1, -0.05) is 31.9 Å². The Balaban J connectivity index is 2.38. The van der Waals surface area contributed by atoms with E-state index in [0.717, 1.165) is 27.8 Å². The number of fused-ring (bicyclic) bond motifs is 1. The number of rotatable bonds is 3. The molecular formula is C11H12Br2O3S. The topological polar surface area (TPSA) is 43.4 Å². The quantitative estimate of drug-likeness (QED) is 0.753. The summed E-state index contributed by atoms with van der Waals surface area (Å²) in [6.45, 7) is 0.664. The summed E-state index contributed by atoms with van der Waals surface area (Å²) in [6.07, 6.45) is 2.11. The van der Waals surface area contributed by atoms with Gasteiger partial charge in [0.2, 0.25) is 0 Å². The van der Waals surface area contributed by atoms with Crippen LogP contribution >= 0.6 is 31.9 Å². The predicted octanol–water partition coefficient (Wildman–Crippen LogP) is 2.86. The van der Waals surface area contributed by atoms with E-state index in [2.05, 4.69) is 31.9 Å². The summed E-state index contributed by atoms with van der Waals surface area (Å²) in [5.74, 6) is 0.901. The molecule has 0 radical (unpaired) electrons. The van der Waals surface area contributed by atoms with E-state index in [1.165, 1.54) is 6.26 Å². The van der Waals surface area contributed by atoms with Crippen molar-refractivity contribution in [3.63, 3.8) is 0 Å². The third-order valence-electron chi connectivity index (χ3n) is 2.56. The minimum Gasteiger partial charge on any atom is -0.493 e. The highest BCUT2D eigenvalue weighted by Gasteiger charge is 2.24. The van der Waals surface area contributed by atoms with Gasteiger partial charge < -0.3 is 4.74 Å². The first-order valence-corrected chi connectivity index (χ1v) is 8.90. The Hall–Kier alpha value is -0.0700. The van der Waals surface area contributed by atoms with Crippen LogP contribution in [0.5, 0.6) is 5.75 Å². The van der Waals surface area contributed by atoms with Crippen LogP contribution < -0.4 is 4.74 Å². The van der Waals surface area contributed by atoms with Gasteiger partial charge in [-0.2, -0.15) is 0 Å². The van der Waals surface area contributed by atoms with E-state index in [0.29, 0.717) is 6.61 Å². The van der Waals surface area contributed by atoms with Crippen molar-refractivity contribution in [1.82, 2.24) is 0 Å². The number of benzene rings is 1. The molecule has 0 bridgehead atoms. The van der Waals surface area contributed by atoms with Crippen molar-refractivity contribution in [3.8, 4) is 5.75 Å². The van der Waals surface area contributed by atoms with Gasteiger partial charge in [0.1, 0.15) is 15.6 Å². The van der Waals surface area contributed by atoms with Crippen molar-refractivity contribution in [3.05, 3.63) is 27.7 Å². The molecule has 0 N–H and O–H groups in total. The Labute approximate surface area is 118 Å². The first-order chi connectivity index (χ1) is 7.87. The molecule has 94 valence electrons. The van der Waals surface area contributed by atoms with E-state index in [1.54, 1.807) is 0 Å². The highest BCUT2D eigenvalue weighted by molar-refractivity contribution is 9.10. The van der Waals surface area contributed by atoms with Crippen LogP contribution in [-0.4, -0.2) is 27.0 Å². The number of alkyl halides is 1. The summed E-state index contributed by atoms with van der Waals surface area (Å²) in [7, 11) is -3.02. The maximum absolute atomic E-state index is 11.3. The SMILES string of the molecule is CS(=O)(=O)CC(Br)c1cc(Br)cc2c1OCC2. The zero-order chi connectivity index (χ0) is 12.6. The van der Waals surface area contributed by atoms with Gasteiger partial charge >= 0.3 is 0 Å². The second kappa shape index (κ2) is 4.90. The summed E-state index contributed by atoms with van der Waals surface area (Å²) in [5.41, 5.74) is 2.03. The molecule has 1 unspecified atom stereocenters. The Morgan fingerprint density at radius 3 is 2.82 bits per heavy atom. The van der Waals surface area contributed by atoms with Crippen LogP contribution in [0.25, 0.3) is 0 Å². The van der Waals surface area contributed by atoms with E-state index < -0.39 is 9.84 Å². The van der Waals surface area contributed by atoms with Crippen molar-refractivity contribution in [2.24, 2.45) is 0 Å². The van der Waals surface area contributed by atoms with Gasteiger partial charge in [-0.3, -0.25) is 0 Å². The van der Waals surface area contributed by atoms with E-state index in [9.17, 15) is 8.42 Å². The second-order valence-electron chi connectivity index (χ2n) is 4.14. The fraction of sp³-hybridized carbons (Fsp3) is 0.455. The van der Waals surface area contributed by atoms with E-state index in [1.807, 2.05) is 12.1 Å². The van der Waals surface area contributed by atoms with Gasteiger partial charge in [-0.05, 0) is 17.7 Å². The molecule has 0 amide bonds. The molecule has 0 saturated heterocycles. The Morgan fingerprint density at radius 1 is 1.47 bits per heavy atom. The molecule has 1 aromatic rings.